The molecule has 0 atom stereocenters. The lowest BCUT2D eigenvalue weighted by atomic mass is 9.93. The molecule has 1 aliphatic rings. The summed E-state index contributed by atoms with van der Waals surface area (Å²) in [6.45, 7) is 0. The zero-order valence-electron chi connectivity index (χ0n) is 11.8. The van der Waals surface area contributed by atoms with E-state index in [0.717, 1.165) is 12.8 Å². The molecule has 1 fully saturated rings. The lowest BCUT2D eigenvalue weighted by Crippen LogP contribution is -2.38. The van der Waals surface area contributed by atoms with Gasteiger partial charge in [0.15, 0.2) is 0 Å². The highest BCUT2D eigenvalue weighted by molar-refractivity contribution is 6.01. The van der Waals surface area contributed by atoms with Gasteiger partial charge in [-0.2, -0.15) is 0 Å². The molecule has 0 saturated heterocycles. The number of aliphatic hydroxyl groups is 1. The van der Waals surface area contributed by atoms with Gasteiger partial charge < -0.3 is 15.7 Å². The Morgan fingerprint density at radius 2 is 2.00 bits per heavy atom. The first-order valence-corrected chi connectivity index (χ1v) is 6.97. The fourth-order valence-corrected chi connectivity index (χ4v) is 2.63. The average molecular weight is 293 g/mol. The lowest BCUT2D eigenvalue weighted by molar-refractivity contribution is -0.384. The highest BCUT2D eigenvalue weighted by Gasteiger charge is 2.24. The Labute approximate surface area is 122 Å². The second-order valence-corrected chi connectivity index (χ2v) is 5.19. The van der Waals surface area contributed by atoms with Gasteiger partial charge >= 0.3 is 0 Å². The zero-order chi connectivity index (χ0) is 15.4. The van der Waals surface area contributed by atoms with E-state index < -0.39 is 4.92 Å². The van der Waals surface area contributed by atoms with Crippen LogP contribution in [0.5, 0.6) is 0 Å². The van der Waals surface area contributed by atoms with Gasteiger partial charge in [-0.1, -0.05) is 6.07 Å². The predicted octanol–water partition coefficient (Wildman–Crippen LogP) is 1.67. The summed E-state index contributed by atoms with van der Waals surface area (Å²) in [6.07, 6.45) is 2.48. The molecule has 1 saturated carbocycles. The second kappa shape index (κ2) is 6.53. The van der Waals surface area contributed by atoms with Gasteiger partial charge in [-0.15, -0.1) is 0 Å². The third-order valence-electron chi connectivity index (χ3n) is 3.77. The van der Waals surface area contributed by atoms with Crippen molar-refractivity contribution < 1.29 is 14.8 Å². The Hall–Kier alpha value is -2.15. The molecule has 0 unspecified atom stereocenters. The van der Waals surface area contributed by atoms with E-state index in [-0.39, 0.29) is 35.0 Å². The quantitative estimate of drug-likeness (QED) is 0.578. The number of nitrogens with zero attached hydrogens (tertiary/aromatic N) is 1. The molecule has 114 valence electrons. The molecule has 21 heavy (non-hydrogen) atoms. The summed E-state index contributed by atoms with van der Waals surface area (Å²) in [6, 6.07) is 4.43. The molecule has 0 radical (unpaired) electrons. The summed E-state index contributed by atoms with van der Waals surface area (Å²) in [5, 5.41) is 26.1. The fourth-order valence-electron chi connectivity index (χ4n) is 2.63. The number of para-hydroxylation sites is 1. The molecule has 7 heteroatoms. The number of nitrogens with one attached hydrogen (secondary N) is 2. The van der Waals surface area contributed by atoms with Crippen molar-refractivity contribution >= 4 is 17.3 Å². The molecule has 7 nitrogen and oxygen atoms in total. The lowest BCUT2D eigenvalue weighted by Gasteiger charge is -2.26. The van der Waals surface area contributed by atoms with Crippen LogP contribution in [0.2, 0.25) is 0 Å². The van der Waals surface area contributed by atoms with Crippen LogP contribution in [0.3, 0.4) is 0 Å². The smallest absolute Gasteiger partial charge is 0.293 e. The van der Waals surface area contributed by atoms with Crippen LogP contribution in [-0.4, -0.2) is 35.1 Å². The molecule has 1 aliphatic carbocycles. The number of nitro groups is 1. The molecule has 3 N–H and O–H groups in total. The molecule has 0 spiro atoms. The van der Waals surface area contributed by atoms with Crippen molar-refractivity contribution in [2.75, 3.05) is 12.4 Å². The van der Waals surface area contributed by atoms with Gasteiger partial charge in [-0.05, 0) is 31.7 Å². The minimum atomic E-state index is -0.514. The van der Waals surface area contributed by atoms with Gasteiger partial charge in [0, 0.05) is 19.2 Å². The Bertz CT molecular complexity index is 539. The highest BCUT2D eigenvalue weighted by Crippen LogP contribution is 2.28. The number of carbonyl (C=O) groups excluding carboxylic acids is 1. The Balaban J connectivity index is 2.15. The summed E-state index contributed by atoms with van der Waals surface area (Å²) in [5.74, 6) is -0.329. The third-order valence-corrected chi connectivity index (χ3v) is 3.77. The summed E-state index contributed by atoms with van der Waals surface area (Å²) >= 11 is 0. The van der Waals surface area contributed by atoms with E-state index in [1.807, 2.05) is 0 Å². The SMILES string of the molecule is CNc1c(C(=O)NC2CCC(O)CC2)cccc1[N+](=O)[O-]. The monoisotopic (exact) mass is 293 g/mol. The van der Waals surface area contributed by atoms with Crippen LogP contribution < -0.4 is 10.6 Å². The number of carbonyl (C=O) groups is 1. The number of amides is 1. The van der Waals surface area contributed by atoms with Gasteiger partial charge in [-0.25, -0.2) is 0 Å². The first-order chi connectivity index (χ1) is 10.0. The maximum atomic E-state index is 12.3. The Kier molecular flexibility index (Phi) is 4.74. The van der Waals surface area contributed by atoms with Crippen molar-refractivity contribution in [3.8, 4) is 0 Å². The standard InChI is InChI=1S/C14H19N3O4/c1-15-13-11(3-2-4-12(13)17(20)21)14(19)16-9-5-7-10(18)8-6-9/h2-4,9-10,15,18H,5-8H2,1H3,(H,16,19). The van der Waals surface area contributed by atoms with Crippen LogP contribution >= 0.6 is 0 Å². The maximum Gasteiger partial charge on any atom is 0.293 e. The molecule has 1 aromatic carbocycles. The number of rotatable bonds is 4. The molecule has 2 rings (SSSR count). The number of benzene rings is 1. The molecule has 1 aromatic rings. The Morgan fingerprint density at radius 3 is 2.57 bits per heavy atom. The molecule has 0 bridgehead atoms. The van der Waals surface area contributed by atoms with Crippen molar-refractivity contribution in [3.63, 3.8) is 0 Å². The van der Waals surface area contributed by atoms with Crippen LogP contribution in [-0.2, 0) is 0 Å². The molecule has 0 aromatic heterocycles. The first-order valence-electron chi connectivity index (χ1n) is 6.97. The summed E-state index contributed by atoms with van der Waals surface area (Å²) in [5.41, 5.74) is 0.359. The number of nitro benzene ring substituents is 1. The van der Waals surface area contributed by atoms with Crippen LogP contribution in [0.15, 0.2) is 18.2 Å². The van der Waals surface area contributed by atoms with Gasteiger partial charge in [-0.3, -0.25) is 14.9 Å². The normalized spacial score (nSPS) is 21.6. The minimum Gasteiger partial charge on any atom is -0.393 e. The Morgan fingerprint density at radius 1 is 1.33 bits per heavy atom. The summed E-state index contributed by atoms with van der Waals surface area (Å²) < 4.78 is 0. The average Bonchev–Trinajstić information content (AvgIpc) is 2.48. The predicted molar refractivity (Wildman–Crippen MR) is 78.4 cm³/mol. The van der Waals surface area contributed by atoms with Crippen LogP contribution in [0.1, 0.15) is 36.0 Å². The van der Waals surface area contributed by atoms with E-state index in [2.05, 4.69) is 10.6 Å². The van der Waals surface area contributed by atoms with Crippen LogP contribution in [0, 0.1) is 10.1 Å². The second-order valence-electron chi connectivity index (χ2n) is 5.19. The topological polar surface area (TPSA) is 104 Å². The van der Waals surface area contributed by atoms with E-state index in [1.165, 1.54) is 12.1 Å². The number of hydrogen-bond donors (Lipinski definition) is 3. The maximum absolute atomic E-state index is 12.3. The molecule has 0 heterocycles. The largest absolute Gasteiger partial charge is 0.393 e. The van der Waals surface area contributed by atoms with Crippen molar-refractivity contribution in [2.24, 2.45) is 0 Å². The summed E-state index contributed by atoms with van der Waals surface area (Å²) in [4.78, 5) is 22.8. The van der Waals surface area contributed by atoms with Gasteiger partial charge in [0.1, 0.15) is 5.69 Å². The van der Waals surface area contributed by atoms with Crippen LogP contribution in [0.4, 0.5) is 11.4 Å². The van der Waals surface area contributed by atoms with E-state index in [1.54, 1.807) is 13.1 Å². The van der Waals surface area contributed by atoms with Gasteiger partial charge in [0.05, 0.1) is 16.6 Å². The first kappa shape index (κ1) is 15.2. The molecule has 0 aliphatic heterocycles. The zero-order valence-corrected chi connectivity index (χ0v) is 11.8. The van der Waals surface area contributed by atoms with E-state index >= 15 is 0 Å². The molecular weight excluding hydrogens is 274 g/mol. The van der Waals surface area contributed by atoms with Gasteiger partial charge in [0.2, 0.25) is 0 Å². The number of anilines is 1. The van der Waals surface area contributed by atoms with Crippen LogP contribution in [0.25, 0.3) is 0 Å². The van der Waals surface area contributed by atoms with Gasteiger partial charge in [0.25, 0.3) is 11.6 Å². The van der Waals surface area contributed by atoms with Crippen molar-refractivity contribution in [1.29, 1.82) is 0 Å². The number of hydrogen-bond acceptors (Lipinski definition) is 5. The fraction of sp³-hybridized carbons (Fsp3) is 0.500. The summed E-state index contributed by atoms with van der Waals surface area (Å²) in [7, 11) is 1.55. The number of aliphatic hydroxyl groups excluding tert-OH is 1. The van der Waals surface area contributed by atoms with Crippen molar-refractivity contribution in [1.82, 2.24) is 5.32 Å². The highest BCUT2D eigenvalue weighted by atomic mass is 16.6. The van der Waals surface area contributed by atoms with E-state index in [0.29, 0.717) is 12.8 Å². The molecule has 1 amide bonds. The molecular formula is C14H19N3O4. The van der Waals surface area contributed by atoms with Crippen molar-refractivity contribution in [3.05, 3.63) is 33.9 Å². The van der Waals surface area contributed by atoms with Crippen molar-refractivity contribution in [2.45, 2.75) is 37.8 Å². The van der Waals surface area contributed by atoms with E-state index in [4.69, 9.17) is 0 Å². The van der Waals surface area contributed by atoms with E-state index in [9.17, 15) is 20.0 Å². The third kappa shape index (κ3) is 3.49. The minimum absolute atomic E-state index is 0.00451.